The maximum absolute atomic E-state index is 12.1. The van der Waals surface area contributed by atoms with E-state index in [1.165, 1.54) is 0 Å². The molecule has 0 spiro atoms. The minimum atomic E-state index is -0.778. The molecule has 2 N–H and O–H groups in total. The summed E-state index contributed by atoms with van der Waals surface area (Å²) in [7, 11) is 0. The Morgan fingerprint density at radius 1 is 1.53 bits per heavy atom. The van der Waals surface area contributed by atoms with Gasteiger partial charge in [-0.2, -0.15) is 11.8 Å². The zero-order chi connectivity index (χ0) is 14.3. The zero-order valence-electron chi connectivity index (χ0n) is 11.7. The van der Waals surface area contributed by atoms with Gasteiger partial charge in [-0.1, -0.05) is 6.92 Å². The molecule has 2 amide bonds. The molecule has 0 radical (unpaired) electrons. The molecule has 1 rings (SSSR count). The Kier molecular flexibility index (Phi) is 7.05. The molecule has 5 nitrogen and oxygen atoms in total. The van der Waals surface area contributed by atoms with E-state index in [2.05, 4.69) is 12.2 Å². The molecule has 0 saturated carbocycles. The van der Waals surface area contributed by atoms with E-state index in [1.807, 2.05) is 6.92 Å². The summed E-state index contributed by atoms with van der Waals surface area (Å²) in [4.78, 5) is 24.5. The lowest BCUT2D eigenvalue weighted by molar-refractivity contribution is -0.138. The average Bonchev–Trinajstić information content (AvgIpc) is 2.35. The molecule has 1 saturated heterocycles. The highest BCUT2D eigenvalue weighted by Gasteiger charge is 2.25. The fraction of sp³-hybridized carbons (Fsp3) is 0.846. The van der Waals surface area contributed by atoms with E-state index >= 15 is 0 Å². The van der Waals surface area contributed by atoms with Crippen LogP contribution in [-0.4, -0.2) is 52.6 Å². The van der Waals surface area contributed by atoms with Crippen LogP contribution in [0.5, 0.6) is 0 Å². The zero-order valence-corrected chi connectivity index (χ0v) is 12.5. The summed E-state index contributed by atoms with van der Waals surface area (Å²) in [6, 6.07) is 0.0941. The Labute approximate surface area is 119 Å². The lowest BCUT2D eigenvalue weighted by atomic mass is 9.95. The Balaban J connectivity index is 2.37. The van der Waals surface area contributed by atoms with Crippen molar-refractivity contribution in [1.82, 2.24) is 10.2 Å². The van der Waals surface area contributed by atoms with Gasteiger partial charge in [-0.05, 0) is 31.4 Å². The van der Waals surface area contributed by atoms with Crippen molar-refractivity contribution < 1.29 is 14.7 Å². The number of carboxylic acids is 1. The third-order valence-electron chi connectivity index (χ3n) is 3.21. The van der Waals surface area contributed by atoms with Crippen molar-refractivity contribution in [3.8, 4) is 0 Å². The molecule has 110 valence electrons. The van der Waals surface area contributed by atoms with E-state index in [4.69, 9.17) is 5.11 Å². The lowest BCUT2D eigenvalue weighted by Crippen LogP contribution is -2.48. The van der Waals surface area contributed by atoms with Crippen molar-refractivity contribution >= 4 is 23.8 Å². The predicted octanol–water partition coefficient (Wildman–Crippen LogP) is 2.02. The maximum atomic E-state index is 12.1. The van der Waals surface area contributed by atoms with Crippen molar-refractivity contribution in [3.63, 3.8) is 0 Å². The predicted molar refractivity (Wildman–Crippen MR) is 77.5 cm³/mol. The Bertz CT molecular complexity index is 312. The van der Waals surface area contributed by atoms with Gasteiger partial charge < -0.3 is 15.3 Å². The van der Waals surface area contributed by atoms with Crippen LogP contribution in [-0.2, 0) is 4.79 Å². The van der Waals surface area contributed by atoms with E-state index < -0.39 is 5.97 Å². The van der Waals surface area contributed by atoms with Gasteiger partial charge in [0.15, 0.2) is 0 Å². The van der Waals surface area contributed by atoms with Gasteiger partial charge in [0.1, 0.15) is 0 Å². The second kappa shape index (κ2) is 8.30. The number of nitrogens with zero attached hydrogens (tertiary/aromatic N) is 1. The van der Waals surface area contributed by atoms with Crippen LogP contribution in [0.1, 0.15) is 33.1 Å². The average molecular weight is 288 g/mol. The molecule has 2 unspecified atom stereocenters. The molecule has 2 atom stereocenters. The second-order valence-electron chi connectivity index (χ2n) is 5.06. The number of urea groups is 1. The van der Waals surface area contributed by atoms with Crippen molar-refractivity contribution in [1.29, 1.82) is 0 Å². The smallest absolute Gasteiger partial charge is 0.317 e. The summed E-state index contributed by atoms with van der Waals surface area (Å²) < 4.78 is 0. The van der Waals surface area contributed by atoms with Gasteiger partial charge in [-0.25, -0.2) is 4.79 Å². The van der Waals surface area contributed by atoms with Gasteiger partial charge in [0.2, 0.25) is 0 Å². The number of likely N-dealkylation sites (tertiary alicyclic amines) is 1. The third kappa shape index (κ3) is 6.18. The number of piperidine rings is 1. The number of carbonyl (C=O) groups excluding carboxylic acids is 1. The first-order valence-corrected chi connectivity index (χ1v) is 8.03. The second-order valence-corrected chi connectivity index (χ2v) is 6.38. The molecule has 0 bridgehead atoms. The number of rotatable bonds is 6. The standard InChI is InChI=1S/C13H24N2O3S/c1-3-19-9-10(2)14-13(18)15-6-4-5-11(8-15)7-12(16)17/h10-11H,3-9H2,1-2H3,(H,14,18)(H,16,17). The van der Waals surface area contributed by atoms with Gasteiger partial charge in [-0.3, -0.25) is 4.79 Å². The number of hydrogen-bond acceptors (Lipinski definition) is 3. The van der Waals surface area contributed by atoms with Crippen LogP contribution < -0.4 is 5.32 Å². The van der Waals surface area contributed by atoms with Crippen molar-refractivity contribution in [2.75, 3.05) is 24.6 Å². The topological polar surface area (TPSA) is 69.6 Å². The fourth-order valence-corrected chi connectivity index (χ4v) is 2.97. The summed E-state index contributed by atoms with van der Waals surface area (Å²) in [6.07, 6.45) is 1.95. The van der Waals surface area contributed by atoms with Crippen LogP contribution in [0.4, 0.5) is 4.79 Å². The minimum absolute atomic E-state index is 0.0562. The summed E-state index contributed by atoms with van der Waals surface area (Å²) >= 11 is 1.80. The van der Waals surface area contributed by atoms with E-state index in [0.29, 0.717) is 6.54 Å². The molecule has 0 aromatic rings. The van der Waals surface area contributed by atoms with Crippen LogP contribution in [0.15, 0.2) is 0 Å². The number of amides is 2. The van der Waals surface area contributed by atoms with E-state index in [-0.39, 0.29) is 24.4 Å². The highest BCUT2D eigenvalue weighted by atomic mass is 32.2. The molecule has 19 heavy (non-hydrogen) atoms. The molecule has 1 heterocycles. The number of carbonyl (C=O) groups is 2. The number of nitrogens with one attached hydrogen (secondary N) is 1. The van der Waals surface area contributed by atoms with Crippen molar-refractivity contribution in [2.24, 2.45) is 5.92 Å². The highest BCUT2D eigenvalue weighted by molar-refractivity contribution is 7.99. The molecule has 1 aliphatic heterocycles. The third-order valence-corrected chi connectivity index (χ3v) is 4.36. The quantitative estimate of drug-likeness (QED) is 0.784. The van der Waals surface area contributed by atoms with E-state index in [9.17, 15) is 9.59 Å². The van der Waals surface area contributed by atoms with Crippen LogP contribution in [0, 0.1) is 5.92 Å². The fourth-order valence-electron chi connectivity index (χ4n) is 2.30. The Morgan fingerprint density at radius 3 is 2.89 bits per heavy atom. The first-order valence-electron chi connectivity index (χ1n) is 6.87. The van der Waals surface area contributed by atoms with Crippen molar-refractivity contribution in [3.05, 3.63) is 0 Å². The molecule has 0 aromatic heterocycles. The number of carboxylic acid groups (broad SMARTS) is 1. The summed E-state index contributed by atoms with van der Waals surface area (Å²) in [5, 5.41) is 11.8. The minimum Gasteiger partial charge on any atom is -0.481 e. The highest BCUT2D eigenvalue weighted by Crippen LogP contribution is 2.19. The monoisotopic (exact) mass is 288 g/mol. The lowest BCUT2D eigenvalue weighted by Gasteiger charge is -2.33. The van der Waals surface area contributed by atoms with Crippen LogP contribution in [0.3, 0.4) is 0 Å². The van der Waals surface area contributed by atoms with E-state index in [1.54, 1.807) is 16.7 Å². The summed E-state index contributed by atoms with van der Waals surface area (Å²) in [5.41, 5.74) is 0. The van der Waals surface area contributed by atoms with Gasteiger partial charge in [0.25, 0.3) is 0 Å². The molecule has 0 aliphatic carbocycles. The van der Waals surface area contributed by atoms with Gasteiger partial charge in [-0.15, -0.1) is 0 Å². The molecule has 1 fully saturated rings. The van der Waals surface area contributed by atoms with Crippen LogP contribution >= 0.6 is 11.8 Å². The number of hydrogen-bond donors (Lipinski definition) is 2. The molecule has 6 heteroatoms. The van der Waals surface area contributed by atoms with Crippen molar-refractivity contribution in [2.45, 2.75) is 39.2 Å². The Hall–Kier alpha value is -0.910. The first kappa shape index (κ1) is 16.1. The summed E-state index contributed by atoms with van der Waals surface area (Å²) in [5.74, 6) is 1.27. The van der Waals surface area contributed by atoms with Gasteiger partial charge in [0, 0.05) is 31.3 Å². The Morgan fingerprint density at radius 2 is 2.26 bits per heavy atom. The normalized spacial score (nSPS) is 20.9. The SMILES string of the molecule is CCSCC(C)NC(=O)N1CCCC(CC(=O)O)C1. The van der Waals surface area contributed by atoms with Crippen LogP contribution in [0.2, 0.25) is 0 Å². The number of aliphatic carboxylic acids is 1. The molecule has 0 aromatic carbocycles. The first-order chi connectivity index (χ1) is 9.02. The molecule has 1 aliphatic rings. The number of thioether (sulfide) groups is 1. The van der Waals surface area contributed by atoms with E-state index in [0.717, 1.165) is 30.9 Å². The molecular weight excluding hydrogens is 264 g/mol. The molecular formula is C13H24N2O3S. The maximum Gasteiger partial charge on any atom is 0.317 e. The largest absolute Gasteiger partial charge is 0.481 e. The van der Waals surface area contributed by atoms with Gasteiger partial charge >= 0.3 is 12.0 Å². The van der Waals surface area contributed by atoms with Crippen LogP contribution in [0.25, 0.3) is 0 Å². The summed E-state index contributed by atoms with van der Waals surface area (Å²) in [6.45, 7) is 5.39. The van der Waals surface area contributed by atoms with Gasteiger partial charge in [0.05, 0.1) is 0 Å².